The molecule has 0 bridgehead atoms. The molecule has 0 fully saturated rings. The molecule has 0 radical (unpaired) electrons. The fourth-order valence-electron chi connectivity index (χ4n) is 3.25. The maximum atomic E-state index is 12.6. The van der Waals surface area contributed by atoms with Gasteiger partial charge in [-0.2, -0.15) is 0 Å². The molecule has 0 spiro atoms. The molecule has 2 aromatic heterocycles. The lowest BCUT2D eigenvalue weighted by Crippen LogP contribution is -2.39. The van der Waals surface area contributed by atoms with Crippen LogP contribution in [0.3, 0.4) is 0 Å². The van der Waals surface area contributed by atoms with Crippen LogP contribution in [0.2, 0.25) is 0 Å². The van der Waals surface area contributed by atoms with Crippen LogP contribution in [0.15, 0.2) is 53.7 Å². The van der Waals surface area contributed by atoms with E-state index in [1.165, 1.54) is 0 Å². The minimum atomic E-state index is -0.169. The van der Waals surface area contributed by atoms with Crippen molar-refractivity contribution >= 4 is 5.91 Å². The lowest BCUT2D eigenvalue weighted by Gasteiger charge is -2.28. The Bertz CT molecular complexity index is 1000. The van der Waals surface area contributed by atoms with Crippen LogP contribution >= 0.6 is 0 Å². The molecule has 1 aliphatic rings. The highest BCUT2D eigenvalue weighted by molar-refractivity contribution is 5.76. The standard InChI is InChI=1S/C20H19N5O2/c26-18(7-6-14-4-2-1-3-5-14)25-11-8-15-17(13-25)23-19(24-20(15)27)16-12-21-9-10-22-16/h1-5,9-10,12H,6-8,11,13H2,(H,23,24,27). The third-order valence-electron chi connectivity index (χ3n) is 4.70. The van der Waals surface area contributed by atoms with E-state index in [9.17, 15) is 9.59 Å². The van der Waals surface area contributed by atoms with E-state index < -0.39 is 0 Å². The minimum Gasteiger partial charge on any atom is -0.336 e. The number of rotatable bonds is 4. The van der Waals surface area contributed by atoms with Crippen LogP contribution in [0.1, 0.15) is 23.2 Å². The molecule has 1 aliphatic heterocycles. The van der Waals surface area contributed by atoms with Gasteiger partial charge >= 0.3 is 0 Å². The zero-order valence-corrected chi connectivity index (χ0v) is 14.8. The first kappa shape index (κ1) is 17.1. The summed E-state index contributed by atoms with van der Waals surface area (Å²) in [4.78, 5) is 42.3. The number of hydrogen-bond donors (Lipinski definition) is 1. The summed E-state index contributed by atoms with van der Waals surface area (Å²) in [5, 5.41) is 0. The van der Waals surface area contributed by atoms with Crippen LogP contribution in [0.25, 0.3) is 11.5 Å². The van der Waals surface area contributed by atoms with Gasteiger partial charge in [-0.25, -0.2) is 9.97 Å². The maximum absolute atomic E-state index is 12.6. The van der Waals surface area contributed by atoms with Crippen molar-refractivity contribution in [3.05, 3.63) is 76.1 Å². The first-order valence-electron chi connectivity index (χ1n) is 8.91. The Balaban J connectivity index is 1.51. The van der Waals surface area contributed by atoms with E-state index in [-0.39, 0.29) is 11.5 Å². The van der Waals surface area contributed by atoms with Crippen molar-refractivity contribution in [1.82, 2.24) is 24.8 Å². The fraction of sp³-hybridized carbons (Fsp3) is 0.250. The maximum Gasteiger partial charge on any atom is 0.254 e. The molecule has 3 heterocycles. The minimum absolute atomic E-state index is 0.0765. The number of fused-ring (bicyclic) bond motifs is 1. The van der Waals surface area contributed by atoms with Gasteiger partial charge < -0.3 is 9.88 Å². The third kappa shape index (κ3) is 3.76. The number of nitrogens with one attached hydrogen (secondary N) is 1. The molecule has 136 valence electrons. The summed E-state index contributed by atoms with van der Waals surface area (Å²) in [5.74, 6) is 0.457. The highest BCUT2D eigenvalue weighted by atomic mass is 16.2. The summed E-state index contributed by atoms with van der Waals surface area (Å²) < 4.78 is 0. The zero-order valence-electron chi connectivity index (χ0n) is 14.8. The summed E-state index contributed by atoms with van der Waals surface area (Å²) in [6, 6.07) is 9.95. The van der Waals surface area contributed by atoms with Crippen molar-refractivity contribution in [2.75, 3.05) is 6.54 Å². The number of H-pyrrole nitrogens is 1. The highest BCUT2D eigenvalue weighted by Gasteiger charge is 2.24. The molecular weight excluding hydrogens is 342 g/mol. The molecular formula is C20H19N5O2. The van der Waals surface area contributed by atoms with E-state index in [0.717, 1.165) is 5.56 Å². The largest absolute Gasteiger partial charge is 0.336 e. The molecule has 0 unspecified atom stereocenters. The molecule has 27 heavy (non-hydrogen) atoms. The van der Waals surface area contributed by atoms with Crippen LogP contribution in [-0.4, -0.2) is 37.3 Å². The van der Waals surface area contributed by atoms with Crippen molar-refractivity contribution in [2.24, 2.45) is 0 Å². The van der Waals surface area contributed by atoms with E-state index in [2.05, 4.69) is 19.9 Å². The van der Waals surface area contributed by atoms with E-state index in [1.807, 2.05) is 30.3 Å². The lowest BCUT2D eigenvalue weighted by molar-refractivity contribution is -0.132. The predicted octanol–water partition coefficient (Wildman–Crippen LogP) is 1.74. The average molecular weight is 361 g/mol. The van der Waals surface area contributed by atoms with Crippen LogP contribution in [0.5, 0.6) is 0 Å². The molecule has 7 nitrogen and oxygen atoms in total. The van der Waals surface area contributed by atoms with Gasteiger partial charge in [0, 0.05) is 30.9 Å². The Kier molecular flexibility index (Phi) is 4.74. The second-order valence-electron chi connectivity index (χ2n) is 6.48. The number of carbonyl (C=O) groups is 1. The Labute approximate surface area is 156 Å². The van der Waals surface area contributed by atoms with Gasteiger partial charge in [0.05, 0.1) is 18.4 Å². The topological polar surface area (TPSA) is 91.8 Å². The molecule has 1 amide bonds. The highest BCUT2D eigenvalue weighted by Crippen LogP contribution is 2.18. The molecule has 1 N–H and O–H groups in total. The number of nitrogens with zero attached hydrogens (tertiary/aromatic N) is 4. The van der Waals surface area contributed by atoms with E-state index in [4.69, 9.17) is 0 Å². The van der Waals surface area contributed by atoms with Crippen LogP contribution in [0, 0.1) is 0 Å². The van der Waals surface area contributed by atoms with Crippen molar-refractivity contribution in [1.29, 1.82) is 0 Å². The lowest BCUT2D eigenvalue weighted by atomic mass is 10.0. The van der Waals surface area contributed by atoms with Gasteiger partial charge in [0.1, 0.15) is 5.69 Å². The van der Waals surface area contributed by atoms with Crippen LogP contribution in [0.4, 0.5) is 0 Å². The Morgan fingerprint density at radius 1 is 1.19 bits per heavy atom. The number of amides is 1. The summed E-state index contributed by atoms with van der Waals surface area (Å²) in [6.45, 7) is 0.885. The molecule has 0 aliphatic carbocycles. The monoisotopic (exact) mass is 361 g/mol. The van der Waals surface area contributed by atoms with Crippen molar-refractivity contribution in [3.63, 3.8) is 0 Å². The molecule has 0 saturated heterocycles. The second kappa shape index (κ2) is 7.49. The normalized spacial score (nSPS) is 13.3. The molecule has 4 rings (SSSR count). The summed E-state index contributed by atoms with van der Waals surface area (Å²) in [6.07, 6.45) is 6.32. The predicted molar refractivity (Wildman–Crippen MR) is 99.8 cm³/mol. The Hall–Kier alpha value is -3.35. The molecule has 3 aromatic rings. The molecule has 0 atom stereocenters. The second-order valence-corrected chi connectivity index (χ2v) is 6.48. The van der Waals surface area contributed by atoms with E-state index >= 15 is 0 Å². The number of aromatic amines is 1. The Morgan fingerprint density at radius 3 is 2.81 bits per heavy atom. The number of carbonyl (C=O) groups excluding carboxylic acids is 1. The molecule has 0 saturated carbocycles. The van der Waals surface area contributed by atoms with Gasteiger partial charge in [0.2, 0.25) is 5.91 Å². The zero-order chi connectivity index (χ0) is 18.6. The number of aryl methyl sites for hydroxylation is 1. The van der Waals surface area contributed by atoms with Crippen LogP contribution in [-0.2, 0) is 24.2 Å². The molecule has 7 heteroatoms. The van der Waals surface area contributed by atoms with Gasteiger partial charge in [0.15, 0.2) is 5.82 Å². The SMILES string of the molecule is O=C(CCc1ccccc1)N1CCc2c(nc(-c3cnccn3)[nH]c2=O)C1. The first-order chi connectivity index (χ1) is 13.2. The smallest absolute Gasteiger partial charge is 0.254 e. The van der Waals surface area contributed by atoms with Gasteiger partial charge in [-0.05, 0) is 18.4 Å². The number of hydrogen-bond acceptors (Lipinski definition) is 5. The third-order valence-corrected chi connectivity index (χ3v) is 4.70. The Morgan fingerprint density at radius 2 is 2.04 bits per heavy atom. The van der Waals surface area contributed by atoms with Gasteiger partial charge in [-0.1, -0.05) is 30.3 Å². The first-order valence-corrected chi connectivity index (χ1v) is 8.91. The number of aromatic nitrogens is 4. The summed E-state index contributed by atoms with van der Waals surface area (Å²) in [7, 11) is 0. The number of benzene rings is 1. The van der Waals surface area contributed by atoms with E-state index in [1.54, 1.807) is 23.5 Å². The van der Waals surface area contributed by atoms with Crippen LogP contribution < -0.4 is 5.56 Å². The van der Waals surface area contributed by atoms with Crippen molar-refractivity contribution in [2.45, 2.75) is 25.8 Å². The van der Waals surface area contributed by atoms with Crippen molar-refractivity contribution < 1.29 is 4.79 Å². The fourth-order valence-corrected chi connectivity index (χ4v) is 3.25. The average Bonchev–Trinajstić information content (AvgIpc) is 2.73. The van der Waals surface area contributed by atoms with E-state index in [0.29, 0.717) is 55.1 Å². The van der Waals surface area contributed by atoms with Gasteiger partial charge in [-0.3, -0.25) is 14.6 Å². The molecule has 1 aromatic carbocycles. The van der Waals surface area contributed by atoms with Gasteiger partial charge in [0.25, 0.3) is 5.56 Å². The van der Waals surface area contributed by atoms with Gasteiger partial charge in [-0.15, -0.1) is 0 Å². The summed E-state index contributed by atoms with van der Waals surface area (Å²) >= 11 is 0. The quantitative estimate of drug-likeness (QED) is 0.764. The van der Waals surface area contributed by atoms with Crippen molar-refractivity contribution in [3.8, 4) is 11.5 Å². The summed E-state index contributed by atoms with van der Waals surface area (Å²) in [5.41, 5.74) is 2.76.